The van der Waals surface area contributed by atoms with Gasteiger partial charge in [-0.15, -0.1) is 36.2 Å². The molecule has 0 bridgehead atoms. The van der Waals surface area contributed by atoms with Gasteiger partial charge < -0.3 is 15.1 Å². The van der Waals surface area contributed by atoms with Crippen LogP contribution in [0.3, 0.4) is 0 Å². The van der Waals surface area contributed by atoms with Gasteiger partial charge in [0.05, 0.1) is 17.0 Å². The van der Waals surface area contributed by atoms with Crippen molar-refractivity contribution in [1.82, 2.24) is 9.88 Å². The van der Waals surface area contributed by atoms with E-state index in [0.29, 0.717) is 18.1 Å². The monoisotopic (exact) mass is 391 g/mol. The molecule has 5 nitrogen and oxygen atoms in total. The normalized spacial score (nSPS) is 19.3. The van der Waals surface area contributed by atoms with Gasteiger partial charge in [0.1, 0.15) is 6.26 Å². The third kappa shape index (κ3) is 4.51. The van der Waals surface area contributed by atoms with E-state index in [9.17, 15) is 4.79 Å². The highest BCUT2D eigenvalue weighted by molar-refractivity contribution is 7.13. The molecule has 8 heteroatoms. The summed E-state index contributed by atoms with van der Waals surface area (Å²) in [6.07, 6.45) is 2.70. The lowest BCUT2D eigenvalue weighted by molar-refractivity contribution is -0.133. The second-order valence-electron chi connectivity index (χ2n) is 6.50. The third-order valence-electron chi connectivity index (χ3n) is 4.28. The number of likely N-dealkylation sites (tertiary alicyclic amines) is 1. The largest absolute Gasteiger partial charge is 0.444 e. The summed E-state index contributed by atoms with van der Waals surface area (Å²) >= 11 is 1.57. The Labute approximate surface area is 158 Å². The van der Waals surface area contributed by atoms with Gasteiger partial charge in [-0.2, -0.15) is 0 Å². The van der Waals surface area contributed by atoms with E-state index in [1.807, 2.05) is 22.4 Å². The first-order chi connectivity index (χ1) is 10.5. The molecule has 0 aliphatic carbocycles. The van der Waals surface area contributed by atoms with E-state index in [2.05, 4.69) is 18.8 Å². The van der Waals surface area contributed by atoms with E-state index in [1.54, 1.807) is 17.6 Å². The topological polar surface area (TPSA) is 72.4 Å². The number of thiophene rings is 1. The van der Waals surface area contributed by atoms with Gasteiger partial charge in [-0.3, -0.25) is 4.79 Å². The molecule has 1 aliphatic rings. The predicted molar refractivity (Wildman–Crippen MR) is 101 cm³/mol. The Bertz CT molecular complexity index is 658. The molecule has 2 aromatic rings. The maximum Gasteiger partial charge on any atom is 0.236 e. The summed E-state index contributed by atoms with van der Waals surface area (Å²) in [5, 5.41) is 1.98. The van der Waals surface area contributed by atoms with Crippen molar-refractivity contribution in [2.45, 2.75) is 32.7 Å². The van der Waals surface area contributed by atoms with Crippen molar-refractivity contribution >= 4 is 42.1 Å². The zero-order valence-electron chi connectivity index (χ0n) is 13.7. The number of aromatic nitrogens is 1. The Morgan fingerprint density at radius 2 is 2.25 bits per heavy atom. The number of carbonyl (C=O) groups is 1. The van der Waals surface area contributed by atoms with Gasteiger partial charge in [-0.1, -0.05) is 19.9 Å². The van der Waals surface area contributed by atoms with Crippen LogP contribution in [0.2, 0.25) is 0 Å². The summed E-state index contributed by atoms with van der Waals surface area (Å²) in [7, 11) is 0. The van der Waals surface area contributed by atoms with Crippen molar-refractivity contribution in [1.29, 1.82) is 0 Å². The number of nitrogens with two attached hydrogens (primary N) is 1. The molecule has 0 aromatic carbocycles. The lowest BCUT2D eigenvalue weighted by Crippen LogP contribution is -2.54. The summed E-state index contributed by atoms with van der Waals surface area (Å²) in [4.78, 5) is 19.7. The lowest BCUT2D eigenvalue weighted by Gasteiger charge is -2.42. The van der Waals surface area contributed by atoms with Crippen LogP contribution in [0.1, 0.15) is 26.0 Å². The maximum absolute atomic E-state index is 12.5. The highest BCUT2D eigenvalue weighted by atomic mass is 35.5. The number of carbonyl (C=O) groups excluding carboxylic acids is 1. The number of rotatable bonds is 3. The fraction of sp³-hybridized carbons (Fsp3) is 0.500. The van der Waals surface area contributed by atoms with E-state index in [0.717, 1.165) is 17.8 Å². The molecular weight excluding hydrogens is 369 g/mol. The van der Waals surface area contributed by atoms with Crippen LogP contribution in [0, 0.1) is 5.41 Å². The van der Waals surface area contributed by atoms with Crippen LogP contribution in [0.5, 0.6) is 0 Å². The van der Waals surface area contributed by atoms with E-state index < -0.39 is 0 Å². The Morgan fingerprint density at radius 3 is 2.88 bits per heavy atom. The quantitative estimate of drug-likeness (QED) is 0.869. The fourth-order valence-corrected chi connectivity index (χ4v) is 3.41. The molecule has 2 N–H and O–H groups in total. The first kappa shape index (κ1) is 21.0. The summed E-state index contributed by atoms with van der Waals surface area (Å²) in [5.74, 6) is 0.671. The van der Waals surface area contributed by atoms with E-state index in [-0.39, 0.29) is 48.6 Å². The van der Waals surface area contributed by atoms with Crippen LogP contribution in [0.4, 0.5) is 0 Å². The van der Waals surface area contributed by atoms with Crippen LogP contribution in [-0.2, 0) is 11.2 Å². The standard InChI is InChI=1S/C16H21N3O2S.2ClH/c1-16(2)10-19(6-5-13(16)17)14(20)8-11-9-21-15(18-11)12-4-3-7-22-12;;/h3-4,7,9,13H,5-6,8,10,17H2,1-2H3;2*1H. The Kier molecular flexibility index (Phi) is 7.28. The fourth-order valence-electron chi connectivity index (χ4n) is 2.76. The molecule has 0 spiro atoms. The summed E-state index contributed by atoms with van der Waals surface area (Å²) in [5.41, 5.74) is 6.76. The molecule has 134 valence electrons. The predicted octanol–water partition coefficient (Wildman–Crippen LogP) is 3.38. The number of oxazole rings is 1. The minimum absolute atomic E-state index is 0. The number of nitrogens with zero attached hydrogens (tertiary/aromatic N) is 2. The molecule has 1 aliphatic heterocycles. The van der Waals surface area contributed by atoms with Gasteiger partial charge >= 0.3 is 0 Å². The number of amides is 1. The molecule has 1 fully saturated rings. The zero-order chi connectivity index (χ0) is 15.7. The van der Waals surface area contributed by atoms with Gasteiger partial charge in [-0.25, -0.2) is 4.98 Å². The average Bonchev–Trinajstić information content (AvgIpc) is 3.12. The number of piperidine rings is 1. The second kappa shape index (κ2) is 8.34. The molecule has 24 heavy (non-hydrogen) atoms. The highest BCUT2D eigenvalue weighted by Gasteiger charge is 2.35. The Morgan fingerprint density at radius 1 is 1.50 bits per heavy atom. The summed E-state index contributed by atoms with van der Waals surface area (Å²) < 4.78 is 5.46. The van der Waals surface area contributed by atoms with Gasteiger partial charge in [-0.05, 0) is 23.3 Å². The van der Waals surface area contributed by atoms with E-state index in [1.165, 1.54) is 0 Å². The van der Waals surface area contributed by atoms with Gasteiger partial charge in [0.2, 0.25) is 11.8 Å². The van der Waals surface area contributed by atoms with Crippen molar-refractivity contribution in [3.63, 3.8) is 0 Å². The summed E-state index contributed by atoms with van der Waals surface area (Å²) in [6.45, 7) is 5.64. The smallest absolute Gasteiger partial charge is 0.236 e. The number of hydrogen-bond acceptors (Lipinski definition) is 5. The maximum atomic E-state index is 12.5. The average molecular weight is 392 g/mol. The molecule has 1 atom stereocenters. The highest BCUT2D eigenvalue weighted by Crippen LogP contribution is 2.28. The van der Waals surface area contributed by atoms with Crippen molar-refractivity contribution in [2.75, 3.05) is 13.1 Å². The minimum atomic E-state index is -0.0418. The van der Waals surface area contributed by atoms with E-state index >= 15 is 0 Å². The van der Waals surface area contributed by atoms with E-state index in [4.69, 9.17) is 10.2 Å². The van der Waals surface area contributed by atoms with Crippen LogP contribution < -0.4 is 5.73 Å². The van der Waals surface area contributed by atoms with Gasteiger partial charge in [0, 0.05) is 19.1 Å². The third-order valence-corrected chi connectivity index (χ3v) is 5.14. The van der Waals surface area contributed by atoms with Crippen molar-refractivity contribution in [2.24, 2.45) is 11.1 Å². The molecular formula is C16H23Cl2N3O2S. The van der Waals surface area contributed by atoms with Crippen molar-refractivity contribution < 1.29 is 9.21 Å². The molecule has 3 rings (SSSR count). The van der Waals surface area contributed by atoms with Crippen molar-refractivity contribution in [3.05, 3.63) is 29.5 Å². The number of halogens is 2. The molecule has 1 saturated heterocycles. The van der Waals surface area contributed by atoms with Crippen LogP contribution in [-0.4, -0.2) is 34.9 Å². The Balaban J connectivity index is 0.00000144. The first-order valence-electron chi connectivity index (χ1n) is 7.47. The molecule has 1 amide bonds. The van der Waals surface area contributed by atoms with Crippen LogP contribution >= 0.6 is 36.2 Å². The Hall–Kier alpha value is -1.08. The molecule has 1 unspecified atom stereocenters. The molecule has 3 heterocycles. The molecule has 0 radical (unpaired) electrons. The molecule has 0 saturated carbocycles. The van der Waals surface area contributed by atoms with Gasteiger partial charge in [0.25, 0.3) is 0 Å². The van der Waals surface area contributed by atoms with Crippen LogP contribution in [0.15, 0.2) is 28.2 Å². The summed E-state index contributed by atoms with van der Waals surface area (Å²) in [6, 6.07) is 4.05. The lowest BCUT2D eigenvalue weighted by atomic mass is 9.79. The van der Waals surface area contributed by atoms with Crippen LogP contribution in [0.25, 0.3) is 10.8 Å². The van der Waals surface area contributed by atoms with Gasteiger partial charge in [0.15, 0.2) is 0 Å². The number of hydrogen-bond donors (Lipinski definition) is 1. The SMILES string of the molecule is CC1(C)CN(C(=O)Cc2coc(-c3cccs3)n2)CCC1N.Cl.Cl. The second-order valence-corrected chi connectivity index (χ2v) is 7.44. The zero-order valence-corrected chi connectivity index (χ0v) is 16.2. The molecule has 2 aromatic heterocycles. The van der Waals surface area contributed by atoms with Crippen molar-refractivity contribution in [3.8, 4) is 10.8 Å². The minimum Gasteiger partial charge on any atom is -0.444 e. The first-order valence-corrected chi connectivity index (χ1v) is 8.35.